The molecule has 0 saturated heterocycles. The maximum atomic E-state index is 12.1. The quantitative estimate of drug-likeness (QED) is 0.382. The predicted octanol–water partition coefficient (Wildman–Crippen LogP) is 0.138. The number of hydrogen-bond acceptors (Lipinski definition) is 6. The Balaban J connectivity index is 4.33. The zero-order chi connectivity index (χ0) is 14.7. The Hall–Kier alpha value is -0.140. The fourth-order valence-corrected chi connectivity index (χ4v) is 2.22. The smallest absolute Gasteiger partial charge is 0.179 e. The number of aliphatic hydroxyl groups is 2. The first-order valence-corrected chi connectivity index (χ1v) is 8.28. The Labute approximate surface area is 120 Å². The second-order valence-electron chi connectivity index (χ2n) is 4.69. The molecule has 0 fully saturated rings. The summed E-state index contributed by atoms with van der Waals surface area (Å²) in [6.45, 7) is 2.50. The van der Waals surface area contributed by atoms with Gasteiger partial charge in [0.2, 0.25) is 0 Å². The number of rotatable bonds is 12. The number of Topliss-reactive ketones (excluding diaryl/α,β-unsaturated/α-hetero) is 1. The standard InChI is InChI=1S/C13H28N2O3S/c1-3-4-5-7-15-11(6-8-19-2)13(18)12(17)10(14)9-16/h10-12,15-17H,3-9,14H2,1-2H3. The normalized spacial score (nSPS) is 16.1. The van der Waals surface area contributed by atoms with Gasteiger partial charge >= 0.3 is 0 Å². The minimum Gasteiger partial charge on any atom is -0.395 e. The maximum Gasteiger partial charge on any atom is 0.179 e. The Morgan fingerprint density at radius 3 is 2.63 bits per heavy atom. The highest BCUT2D eigenvalue weighted by atomic mass is 32.2. The second kappa shape index (κ2) is 11.7. The maximum absolute atomic E-state index is 12.1. The van der Waals surface area contributed by atoms with Gasteiger partial charge in [-0.15, -0.1) is 0 Å². The van der Waals surface area contributed by atoms with E-state index in [2.05, 4.69) is 12.2 Å². The van der Waals surface area contributed by atoms with E-state index in [1.165, 1.54) is 0 Å². The van der Waals surface area contributed by atoms with E-state index in [-0.39, 0.29) is 11.8 Å². The minimum absolute atomic E-state index is 0.313. The Morgan fingerprint density at radius 2 is 2.11 bits per heavy atom. The number of carbonyl (C=O) groups excluding carboxylic acids is 1. The predicted molar refractivity (Wildman–Crippen MR) is 80.4 cm³/mol. The van der Waals surface area contributed by atoms with Crippen molar-refractivity contribution in [2.45, 2.75) is 50.8 Å². The first-order valence-electron chi connectivity index (χ1n) is 6.89. The molecule has 0 heterocycles. The van der Waals surface area contributed by atoms with E-state index >= 15 is 0 Å². The van der Waals surface area contributed by atoms with E-state index in [0.29, 0.717) is 6.42 Å². The van der Waals surface area contributed by atoms with Crippen LogP contribution in [-0.4, -0.2) is 59.3 Å². The molecule has 0 bridgehead atoms. The van der Waals surface area contributed by atoms with Crippen LogP contribution in [0.3, 0.4) is 0 Å². The summed E-state index contributed by atoms with van der Waals surface area (Å²) in [7, 11) is 0. The van der Waals surface area contributed by atoms with Gasteiger partial charge in [-0.2, -0.15) is 11.8 Å². The summed E-state index contributed by atoms with van der Waals surface area (Å²) in [5, 5.41) is 21.9. The van der Waals surface area contributed by atoms with Crippen molar-refractivity contribution in [3.8, 4) is 0 Å². The van der Waals surface area contributed by atoms with Gasteiger partial charge in [0.15, 0.2) is 5.78 Å². The molecule has 0 radical (unpaired) electrons. The number of ketones is 1. The lowest BCUT2D eigenvalue weighted by Crippen LogP contribution is -2.51. The molecule has 0 aromatic rings. The number of hydrogen-bond donors (Lipinski definition) is 4. The summed E-state index contributed by atoms with van der Waals surface area (Å²) >= 11 is 1.66. The van der Waals surface area contributed by atoms with Crippen LogP contribution in [0.1, 0.15) is 32.6 Å². The minimum atomic E-state index is -1.30. The van der Waals surface area contributed by atoms with E-state index in [1.54, 1.807) is 11.8 Å². The monoisotopic (exact) mass is 292 g/mol. The van der Waals surface area contributed by atoms with Gasteiger partial charge in [-0.1, -0.05) is 19.8 Å². The van der Waals surface area contributed by atoms with Gasteiger partial charge in [0.05, 0.1) is 18.7 Å². The summed E-state index contributed by atoms with van der Waals surface area (Å²) < 4.78 is 0. The molecular formula is C13H28N2O3S. The highest BCUT2D eigenvalue weighted by Crippen LogP contribution is 2.06. The van der Waals surface area contributed by atoms with Crippen molar-refractivity contribution in [1.29, 1.82) is 0 Å². The number of nitrogens with two attached hydrogens (primary N) is 1. The average molecular weight is 292 g/mol. The van der Waals surface area contributed by atoms with Crippen molar-refractivity contribution < 1.29 is 15.0 Å². The van der Waals surface area contributed by atoms with Crippen LogP contribution in [0.15, 0.2) is 0 Å². The van der Waals surface area contributed by atoms with Crippen LogP contribution in [0.5, 0.6) is 0 Å². The molecule has 0 spiro atoms. The first-order chi connectivity index (χ1) is 9.08. The second-order valence-corrected chi connectivity index (χ2v) is 5.67. The van der Waals surface area contributed by atoms with E-state index < -0.39 is 18.8 Å². The molecule has 0 rings (SSSR count). The molecule has 0 aliphatic rings. The van der Waals surface area contributed by atoms with Crippen LogP contribution in [0, 0.1) is 0 Å². The number of carbonyl (C=O) groups is 1. The summed E-state index contributed by atoms with van der Waals surface area (Å²) in [4.78, 5) is 12.1. The van der Waals surface area contributed by atoms with Crippen LogP contribution in [-0.2, 0) is 4.79 Å². The molecule has 0 aromatic carbocycles. The third kappa shape index (κ3) is 7.89. The van der Waals surface area contributed by atoms with Crippen molar-refractivity contribution in [3.05, 3.63) is 0 Å². The molecule has 6 heteroatoms. The molecule has 0 aliphatic carbocycles. The van der Waals surface area contributed by atoms with Crippen molar-refractivity contribution in [3.63, 3.8) is 0 Å². The lowest BCUT2D eigenvalue weighted by Gasteiger charge is -2.23. The molecule has 5 nitrogen and oxygen atoms in total. The van der Waals surface area contributed by atoms with Gasteiger partial charge < -0.3 is 21.3 Å². The van der Waals surface area contributed by atoms with E-state index in [4.69, 9.17) is 10.8 Å². The molecule has 3 unspecified atom stereocenters. The summed E-state index contributed by atoms with van der Waals surface area (Å²) in [5.74, 6) is 0.533. The molecule has 5 N–H and O–H groups in total. The molecule has 0 saturated carbocycles. The van der Waals surface area contributed by atoms with Crippen LogP contribution >= 0.6 is 11.8 Å². The molecular weight excluding hydrogens is 264 g/mol. The lowest BCUT2D eigenvalue weighted by atomic mass is 10.00. The zero-order valence-electron chi connectivity index (χ0n) is 12.0. The Kier molecular flexibility index (Phi) is 11.6. The summed E-state index contributed by atoms with van der Waals surface area (Å²) in [5.41, 5.74) is 5.51. The zero-order valence-corrected chi connectivity index (χ0v) is 12.8. The average Bonchev–Trinajstić information content (AvgIpc) is 2.44. The fraction of sp³-hybridized carbons (Fsp3) is 0.923. The van der Waals surface area contributed by atoms with E-state index in [1.807, 2.05) is 6.26 Å². The van der Waals surface area contributed by atoms with Crippen molar-refractivity contribution in [1.82, 2.24) is 5.32 Å². The molecule has 3 atom stereocenters. The Morgan fingerprint density at radius 1 is 1.42 bits per heavy atom. The van der Waals surface area contributed by atoms with E-state index in [0.717, 1.165) is 31.6 Å². The molecule has 19 heavy (non-hydrogen) atoms. The lowest BCUT2D eigenvalue weighted by molar-refractivity contribution is -0.130. The fourth-order valence-electron chi connectivity index (χ4n) is 1.75. The number of thioether (sulfide) groups is 1. The van der Waals surface area contributed by atoms with Gasteiger partial charge in [-0.3, -0.25) is 4.79 Å². The topological polar surface area (TPSA) is 95.6 Å². The number of unbranched alkanes of at least 4 members (excludes halogenated alkanes) is 2. The molecule has 0 aromatic heterocycles. The summed E-state index contributed by atoms with van der Waals surface area (Å²) in [6, 6.07) is -1.28. The number of aliphatic hydroxyl groups excluding tert-OH is 2. The van der Waals surface area contributed by atoms with Crippen LogP contribution in [0.25, 0.3) is 0 Å². The third-order valence-corrected chi connectivity index (χ3v) is 3.68. The third-order valence-electron chi connectivity index (χ3n) is 3.03. The highest BCUT2D eigenvalue weighted by molar-refractivity contribution is 7.98. The van der Waals surface area contributed by atoms with Gasteiger partial charge in [0, 0.05) is 0 Å². The highest BCUT2D eigenvalue weighted by Gasteiger charge is 2.28. The molecule has 0 aliphatic heterocycles. The van der Waals surface area contributed by atoms with Crippen LogP contribution < -0.4 is 11.1 Å². The van der Waals surface area contributed by atoms with Crippen molar-refractivity contribution in [2.24, 2.45) is 5.73 Å². The van der Waals surface area contributed by atoms with Crippen molar-refractivity contribution in [2.75, 3.05) is 25.2 Å². The van der Waals surface area contributed by atoms with Gasteiger partial charge in [0.25, 0.3) is 0 Å². The van der Waals surface area contributed by atoms with Gasteiger partial charge in [-0.05, 0) is 31.4 Å². The van der Waals surface area contributed by atoms with Crippen molar-refractivity contribution >= 4 is 17.5 Å². The van der Waals surface area contributed by atoms with Gasteiger partial charge in [-0.25, -0.2) is 0 Å². The van der Waals surface area contributed by atoms with Crippen LogP contribution in [0.4, 0.5) is 0 Å². The molecule has 114 valence electrons. The summed E-state index contributed by atoms with van der Waals surface area (Å²) in [6.07, 6.45) is 4.62. The van der Waals surface area contributed by atoms with E-state index in [9.17, 15) is 9.90 Å². The van der Waals surface area contributed by atoms with Gasteiger partial charge in [0.1, 0.15) is 6.10 Å². The van der Waals surface area contributed by atoms with Crippen LogP contribution in [0.2, 0.25) is 0 Å². The Bertz CT molecular complexity index is 242. The first kappa shape index (κ1) is 18.9. The largest absolute Gasteiger partial charge is 0.395 e. The molecule has 0 amide bonds. The SMILES string of the molecule is CCCCCNC(CCSC)C(=O)C(O)C(N)CO. The number of nitrogens with one attached hydrogen (secondary N) is 1.